The normalized spacial score (nSPS) is 17.9. The van der Waals surface area contributed by atoms with E-state index in [4.69, 9.17) is 12.2 Å². The van der Waals surface area contributed by atoms with Gasteiger partial charge in [-0.2, -0.15) is 0 Å². The van der Waals surface area contributed by atoms with Crippen LogP contribution in [-0.4, -0.2) is 23.1 Å². The molecule has 1 aliphatic rings. The Morgan fingerprint density at radius 2 is 1.56 bits per heavy atom. The van der Waals surface area contributed by atoms with Crippen molar-refractivity contribution < 1.29 is 9.59 Å². The summed E-state index contributed by atoms with van der Waals surface area (Å²) in [6.45, 7) is 3.94. The van der Waals surface area contributed by atoms with E-state index >= 15 is 0 Å². The zero-order chi connectivity index (χ0) is 18.0. The third kappa shape index (κ3) is 3.64. The van der Waals surface area contributed by atoms with Gasteiger partial charge >= 0.3 is 0 Å². The molecule has 0 unspecified atom stereocenters. The van der Waals surface area contributed by atoms with Crippen molar-refractivity contribution >= 4 is 46.7 Å². The average molecular weight is 351 g/mol. The average Bonchev–Trinajstić information content (AvgIpc) is 2.57. The maximum absolute atomic E-state index is 12.8. The number of hydrogen-bond donors (Lipinski definition) is 1. The highest BCUT2D eigenvalue weighted by Gasteiger charge is 2.38. The Morgan fingerprint density at radius 3 is 2.16 bits per heavy atom. The fraction of sp³-hybridized carbons (Fsp3) is 0.158. The molecule has 2 aromatic carbocycles. The van der Waals surface area contributed by atoms with E-state index in [1.807, 2.05) is 50.2 Å². The maximum Gasteiger partial charge on any atom is 0.251 e. The number of nitrogens with zero attached hydrogens (tertiary/aromatic N) is 2. The minimum absolute atomic E-state index is 0.0823. The van der Waals surface area contributed by atoms with Gasteiger partial charge in [-0.3, -0.25) is 19.5 Å². The Labute approximate surface area is 151 Å². The zero-order valence-corrected chi connectivity index (χ0v) is 14.7. The monoisotopic (exact) mass is 351 g/mol. The van der Waals surface area contributed by atoms with Crippen molar-refractivity contribution in [2.24, 2.45) is 10.9 Å². The van der Waals surface area contributed by atoms with Gasteiger partial charge in [0, 0.05) is 6.21 Å². The van der Waals surface area contributed by atoms with Crippen molar-refractivity contribution in [3.8, 4) is 0 Å². The number of nitrogens with one attached hydrogen (secondary N) is 1. The van der Waals surface area contributed by atoms with E-state index in [9.17, 15) is 9.59 Å². The van der Waals surface area contributed by atoms with Crippen LogP contribution in [0.5, 0.6) is 0 Å². The van der Waals surface area contributed by atoms with Gasteiger partial charge in [0.25, 0.3) is 5.91 Å². The highest BCUT2D eigenvalue weighted by molar-refractivity contribution is 7.80. The van der Waals surface area contributed by atoms with Crippen molar-refractivity contribution in [1.29, 1.82) is 0 Å². The largest absolute Gasteiger partial charge is 0.301 e. The van der Waals surface area contributed by atoms with Gasteiger partial charge in [0.2, 0.25) is 5.91 Å². The molecule has 0 saturated carbocycles. The lowest BCUT2D eigenvalue weighted by Crippen LogP contribution is -2.58. The van der Waals surface area contributed by atoms with Crippen molar-refractivity contribution in [2.45, 2.75) is 13.8 Å². The lowest BCUT2D eigenvalue weighted by molar-refractivity contribution is -0.130. The molecule has 126 valence electrons. The van der Waals surface area contributed by atoms with Crippen molar-refractivity contribution in [2.75, 3.05) is 4.90 Å². The SMILES string of the molecule is Cc1ccc(N=C[C@@H]2C(=O)NC(=S)N(c3ccc(C)cc3)C2=O)cc1. The van der Waals surface area contributed by atoms with Crippen LogP contribution in [0.1, 0.15) is 11.1 Å². The number of thiocarbonyl (C=S) groups is 1. The van der Waals surface area contributed by atoms with Crippen LogP contribution in [0.15, 0.2) is 53.5 Å². The lowest BCUT2D eigenvalue weighted by atomic mass is 10.1. The topological polar surface area (TPSA) is 61.8 Å². The highest BCUT2D eigenvalue weighted by Crippen LogP contribution is 2.21. The summed E-state index contributed by atoms with van der Waals surface area (Å²) in [6, 6.07) is 14.9. The molecule has 25 heavy (non-hydrogen) atoms. The van der Waals surface area contributed by atoms with Gasteiger partial charge in [0.1, 0.15) is 0 Å². The van der Waals surface area contributed by atoms with E-state index in [0.29, 0.717) is 11.4 Å². The molecule has 5 nitrogen and oxygen atoms in total. The highest BCUT2D eigenvalue weighted by atomic mass is 32.1. The Bertz CT molecular complexity index is 857. The smallest absolute Gasteiger partial charge is 0.251 e. The van der Waals surface area contributed by atoms with E-state index in [0.717, 1.165) is 11.1 Å². The third-order valence-electron chi connectivity index (χ3n) is 3.90. The molecule has 6 heteroatoms. The molecular weight excluding hydrogens is 334 g/mol. The summed E-state index contributed by atoms with van der Waals surface area (Å²) >= 11 is 5.17. The van der Waals surface area contributed by atoms with Gasteiger partial charge in [-0.25, -0.2) is 0 Å². The second-order valence-corrected chi connectivity index (χ2v) is 6.28. The van der Waals surface area contributed by atoms with Gasteiger partial charge in [-0.1, -0.05) is 35.4 Å². The fourth-order valence-corrected chi connectivity index (χ4v) is 2.75. The van der Waals surface area contributed by atoms with Gasteiger partial charge in [-0.15, -0.1) is 0 Å². The second kappa shape index (κ2) is 6.94. The quantitative estimate of drug-likeness (QED) is 0.525. The Balaban J connectivity index is 1.87. The molecule has 1 saturated heterocycles. The van der Waals surface area contributed by atoms with Crippen LogP contribution in [0.2, 0.25) is 0 Å². The predicted octanol–water partition coefficient (Wildman–Crippen LogP) is 3.07. The summed E-state index contributed by atoms with van der Waals surface area (Å²) in [5, 5.41) is 2.66. The number of carbonyl (C=O) groups is 2. The molecule has 0 aromatic heterocycles. The molecular formula is C19H17N3O2S. The Morgan fingerprint density at radius 1 is 1.00 bits per heavy atom. The number of amides is 2. The Hall–Kier alpha value is -2.86. The van der Waals surface area contributed by atoms with Crippen molar-refractivity contribution in [1.82, 2.24) is 5.32 Å². The first kappa shape index (κ1) is 17.0. The number of anilines is 1. The van der Waals surface area contributed by atoms with E-state index in [-0.39, 0.29) is 5.11 Å². The zero-order valence-electron chi connectivity index (χ0n) is 13.9. The molecule has 2 aromatic rings. The lowest BCUT2D eigenvalue weighted by Gasteiger charge is -2.30. The first-order valence-corrected chi connectivity index (χ1v) is 8.23. The van der Waals surface area contributed by atoms with E-state index in [1.165, 1.54) is 11.1 Å². The predicted molar refractivity (Wildman–Crippen MR) is 102 cm³/mol. The molecule has 1 fully saturated rings. The molecule has 0 spiro atoms. The van der Waals surface area contributed by atoms with Crippen LogP contribution in [0.3, 0.4) is 0 Å². The second-order valence-electron chi connectivity index (χ2n) is 5.89. The summed E-state index contributed by atoms with van der Waals surface area (Å²) in [4.78, 5) is 30.6. The third-order valence-corrected chi connectivity index (χ3v) is 4.19. The van der Waals surface area contributed by atoms with Crippen molar-refractivity contribution in [3.63, 3.8) is 0 Å². The molecule has 2 amide bonds. The summed E-state index contributed by atoms with van der Waals surface area (Å²) < 4.78 is 0. The van der Waals surface area contributed by atoms with Gasteiger partial charge in [0.05, 0.1) is 11.4 Å². The van der Waals surface area contributed by atoms with Crippen LogP contribution in [0.4, 0.5) is 11.4 Å². The van der Waals surface area contributed by atoms with Gasteiger partial charge < -0.3 is 5.32 Å². The molecule has 0 aliphatic carbocycles. The first-order chi connectivity index (χ1) is 12.0. The molecule has 1 heterocycles. The number of benzene rings is 2. The minimum Gasteiger partial charge on any atom is -0.301 e. The minimum atomic E-state index is -1.02. The van der Waals surface area contributed by atoms with Crippen LogP contribution in [-0.2, 0) is 9.59 Å². The van der Waals surface area contributed by atoms with E-state index in [1.54, 1.807) is 12.1 Å². The molecule has 0 bridgehead atoms. The van der Waals surface area contributed by atoms with E-state index in [2.05, 4.69) is 10.3 Å². The number of hydrogen-bond acceptors (Lipinski definition) is 4. The number of aliphatic imine (C=N–C) groups is 1. The molecule has 1 N–H and O–H groups in total. The summed E-state index contributed by atoms with van der Waals surface area (Å²) in [5.41, 5.74) is 3.48. The van der Waals surface area contributed by atoms with Crippen LogP contribution < -0.4 is 10.2 Å². The molecule has 3 rings (SSSR count). The van der Waals surface area contributed by atoms with Crippen LogP contribution in [0.25, 0.3) is 0 Å². The molecule has 1 aliphatic heterocycles. The first-order valence-electron chi connectivity index (χ1n) is 7.82. The fourth-order valence-electron chi connectivity index (χ4n) is 2.45. The van der Waals surface area contributed by atoms with E-state index < -0.39 is 17.7 Å². The summed E-state index contributed by atoms with van der Waals surface area (Å²) in [6.07, 6.45) is 1.37. The molecule has 1 atom stereocenters. The van der Waals surface area contributed by atoms with Crippen molar-refractivity contribution in [3.05, 3.63) is 59.7 Å². The maximum atomic E-state index is 12.8. The number of aryl methyl sites for hydroxylation is 2. The standard InChI is InChI=1S/C19H17N3O2S/c1-12-3-7-14(8-4-12)20-11-16-17(23)21-19(25)22(18(16)24)15-9-5-13(2)6-10-15/h3-11,16H,1-2H3,(H,21,23,25)/t16-/m1/s1. The van der Waals surface area contributed by atoms with Gasteiger partial charge in [-0.05, 0) is 50.3 Å². The number of rotatable bonds is 3. The van der Waals surface area contributed by atoms with Crippen LogP contribution in [0, 0.1) is 19.8 Å². The van der Waals surface area contributed by atoms with Gasteiger partial charge in [0.15, 0.2) is 11.0 Å². The number of carbonyl (C=O) groups excluding carboxylic acids is 2. The Kier molecular flexibility index (Phi) is 4.72. The van der Waals surface area contributed by atoms with Crippen LogP contribution >= 0.6 is 12.2 Å². The summed E-state index contributed by atoms with van der Waals surface area (Å²) in [7, 11) is 0. The molecule has 0 radical (unpaired) electrons. The summed E-state index contributed by atoms with van der Waals surface area (Å²) in [5.74, 6) is -1.89.